The summed E-state index contributed by atoms with van der Waals surface area (Å²) in [5.41, 5.74) is 5.84. The Morgan fingerprint density at radius 1 is 0.274 bits per heavy atom. The van der Waals surface area contributed by atoms with Crippen LogP contribution >= 0.6 is 47.0 Å². The lowest BCUT2D eigenvalue weighted by atomic mass is 10.1. The zero-order valence-corrected chi connectivity index (χ0v) is 51.4. The van der Waals surface area contributed by atoms with E-state index in [0.717, 1.165) is 86.4 Å². The summed E-state index contributed by atoms with van der Waals surface area (Å²) in [7, 11) is 6.65. The van der Waals surface area contributed by atoms with Gasteiger partial charge in [-0.05, 0) is 72.8 Å². The third-order valence-electron chi connectivity index (χ3n) is 12.9. The monoisotopic (exact) mass is 1230 g/mol. The molecule has 9 rings (SSSR count). The largest absolute Gasteiger partial charge is 0.382 e. The molecule has 24 heteroatoms. The maximum atomic E-state index is 5.90. The Balaban J connectivity index is 1.10. The van der Waals surface area contributed by atoms with E-state index in [1.54, 1.807) is 75.5 Å². The van der Waals surface area contributed by atoms with Crippen molar-refractivity contribution in [2.24, 2.45) is 0 Å². The summed E-state index contributed by atoms with van der Waals surface area (Å²) in [6.45, 7) is 10.7. The van der Waals surface area contributed by atoms with Crippen molar-refractivity contribution in [3.63, 3.8) is 0 Å². The first-order chi connectivity index (χ1) is 41.5. The Hall–Kier alpha value is -4.84. The fourth-order valence-electron chi connectivity index (χ4n) is 8.80. The van der Waals surface area contributed by atoms with Gasteiger partial charge in [-0.2, -0.15) is 0 Å². The van der Waals surface area contributed by atoms with Gasteiger partial charge in [0, 0.05) is 115 Å². The third kappa shape index (κ3) is 18.6. The van der Waals surface area contributed by atoms with Gasteiger partial charge in [0.25, 0.3) is 0 Å². The number of hydrogen-bond donors (Lipinski definition) is 2. The van der Waals surface area contributed by atoms with Gasteiger partial charge < -0.3 is 66.8 Å². The molecule has 0 radical (unpaired) electrons. The van der Waals surface area contributed by atoms with E-state index in [1.807, 2.05) is 0 Å². The number of nitrogens with one attached hydrogen (secondary N) is 2. The number of hydrogen-bond acceptors (Lipinski definition) is 22. The molecule has 450 valence electrons. The first kappa shape index (κ1) is 63.7. The smallest absolute Gasteiger partial charge is 0.164 e. The highest BCUT2D eigenvalue weighted by Crippen LogP contribution is 2.40. The van der Waals surface area contributed by atoms with Gasteiger partial charge in [-0.25, -0.2) is 29.9 Å². The van der Waals surface area contributed by atoms with Crippen LogP contribution in [0.25, 0.3) is 89.7 Å². The molecular formula is C60H74N8O12S4. The van der Waals surface area contributed by atoms with Crippen molar-refractivity contribution in [2.45, 2.75) is 19.6 Å². The molecule has 2 N–H and O–H groups in total. The van der Waals surface area contributed by atoms with Crippen molar-refractivity contribution in [1.29, 1.82) is 0 Å². The molecule has 0 fully saturated rings. The fourth-order valence-corrected chi connectivity index (χ4v) is 12.0. The van der Waals surface area contributed by atoms with E-state index < -0.39 is 0 Å². The normalized spacial score (nSPS) is 12.0. The highest BCUT2D eigenvalue weighted by molar-refractivity contribution is 8.00. The molecule has 3 aromatic heterocycles. The average Bonchev–Trinajstić information content (AvgIpc) is 4.31. The Labute approximate surface area is 506 Å². The molecule has 2 aliphatic heterocycles. The number of methoxy groups -OCH3 is 4. The van der Waals surface area contributed by atoms with E-state index in [2.05, 4.69) is 82.8 Å². The molecule has 0 saturated heterocycles. The summed E-state index contributed by atoms with van der Waals surface area (Å²) in [5.74, 6) is 5.05. The topological polar surface area (TPSA) is 220 Å². The fraction of sp³-hybridized carbons (Fsp3) is 0.467. The van der Waals surface area contributed by atoms with Crippen molar-refractivity contribution in [1.82, 2.24) is 39.9 Å². The molecule has 7 aromatic rings. The van der Waals surface area contributed by atoms with Crippen LogP contribution < -0.4 is 0 Å². The number of benzene rings is 4. The summed E-state index contributed by atoms with van der Waals surface area (Å²) in [5, 5.41) is 3.52. The molecule has 0 unspecified atom stereocenters. The van der Waals surface area contributed by atoms with Gasteiger partial charge in [0.2, 0.25) is 0 Å². The predicted octanol–water partition coefficient (Wildman–Crippen LogP) is 9.96. The molecule has 0 aliphatic carbocycles. The van der Waals surface area contributed by atoms with Gasteiger partial charge >= 0.3 is 0 Å². The van der Waals surface area contributed by atoms with Crippen LogP contribution in [-0.4, -0.2) is 223 Å². The minimum Gasteiger partial charge on any atom is -0.382 e. The molecule has 0 spiro atoms. The first-order valence-corrected chi connectivity index (χ1v) is 32.0. The number of thioether (sulfide) groups is 4. The average molecular weight is 1230 g/mol. The van der Waals surface area contributed by atoms with Crippen LogP contribution in [0.1, 0.15) is 0 Å². The lowest BCUT2D eigenvalue weighted by Gasteiger charge is -2.07. The maximum Gasteiger partial charge on any atom is 0.164 e. The van der Waals surface area contributed by atoms with Crippen molar-refractivity contribution in [3.05, 3.63) is 72.8 Å². The number of ether oxygens (including phenoxy) is 12. The maximum absolute atomic E-state index is 5.90. The molecule has 4 aromatic carbocycles. The van der Waals surface area contributed by atoms with E-state index in [1.165, 1.54) is 0 Å². The van der Waals surface area contributed by atoms with Crippen LogP contribution in [0.3, 0.4) is 0 Å². The van der Waals surface area contributed by atoms with Crippen molar-refractivity contribution < 1.29 is 56.8 Å². The van der Waals surface area contributed by atoms with Gasteiger partial charge in [0.05, 0.1) is 132 Å². The van der Waals surface area contributed by atoms with Crippen LogP contribution in [0.5, 0.6) is 0 Å². The number of aromatic amines is 2. The summed E-state index contributed by atoms with van der Waals surface area (Å²) >= 11 is 6.83. The Morgan fingerprint density at radius 3 is 0.857 bits per heavy atom. The minimum absolute atomic E-state index is 0.509. The van der Waals surface area contributed by atoms with Crippen LogP contribution in [0.2, 0.25) is 0 Å². The van der Waals surface area contributed by atoms with E-state index >= 15 is 0 Å². The van der Waals surface area contributed by atoms with Crippen molar-refractivity contribution >= 4 is 91.2 Å². The zero-order valence-electron chi connectivity index (χ0n) is 48.1. The van der Waals surface area contributed by atoms with Gasteiger partial charge in [-0.1, -0.05) is 0 Å². The second-order valence-electron chi connectivity index (χ2n) is 18.7. The molecule has 84 heavy (non-hydrogen) atoms. The molecule has 5 heterocycles. The minimum atomic E-state index is 0.509. The van der Waals surface area contributed by atoms with Crippen LogP contribution in [0.15, 0.2) is 92.4 Å². The third-order valence-corrected chi connectivity index (χ3v) is 16.7. The second-order valence-corrected chi connectivity index (χ2v) is 23.4. The van der Waals surface area contributed by atoms with Gasteiger partial charge in [0.1, 0.15) is 22.6 Å². The summed E-state index contributed by atoms with van der Waals surface area (Å²) in [6, 6.07) is 25.4. The molecule has 20 nitrogen and oxygen atoms in total. The van der Waals surface area contributed by atoms with Crippen LogP contribution in [-0.2, 0) is 56.8 Å². The number of aromatic nitrogens is 8. The van der Waals surface area contributed by atoms with Gasteiger partial charge in [-0.15, -0.1) is 47.0 Å². The Bertz CT molecular complexity index is 3140. The highest BCUT2D eigenvalue weighted by Gasteiger charge is 2.24. The predicted molar refractivity (Wildman–Crippen MR) is 333 cm³/mol. The Morgan fingerprint density at radius 2 is 0.536 bits per heavy atom. The van der Waals surface area contributed by atoms with Crippen LogP contribution in [0.4, 0.5) is 0 Å². The molecule has 8 bridgehead atoms. The summed E-state index contributed by atoms with van der Waals surface area (Å²) < 4.78 is 66.2. The van der Waals surface area contributed by atoms with E-state index in [-0.39, 0.29) is 0 Å². The first-order valence-electron chi connectivity index (χ1n) is 28.0. The lowest BCUT2D eigenvalue weighted by molar-refractivity contribution is 0.0286. The standard InChI is InChI=1S/C60H74N8O12S4/c1-69-13-17-73-21-25-77-29-33-81-41-5-9-45-49(37-41)57-61-53(45)66-58-51-39-43(83-35-31-79-27-23-75-19-15-71-3)7-11-47(51)55(63-58)68-60-52-40-44(84-36-32-80-28-24-76-20-16-72-4)8-12-48(52)56(64-60)67-59-50-38-42(6-10-46(50)54(62-59)65-57)82-34-30-78-26-22-74-18-14-70-2/h5-12,37-40H,13-36H2,1-4H3,(H2,61,62,63,64,65,66,67,68). The molecule has 2 aliphatic rings. The SMILES string of the molecule is COCCOCCOCCSc1ccc2c(c1)-c1nc-2nc2[nH]c(nc3nc(nc4[nH]c(n1)c1ccc(SCCOCCOCCOC)cc41)-c1ccc(SCCOCCOCCOC)cc1-3)c1ccc(SCCOCCOCCOC)cc21. The molecule has 0 amide bonds. The quantitative estimate of drug-likeness (QED) is 0.0269. The molecule has 0 atom stereocenters. The van der Waals surface area contributed by atoms with E-state index in [0.29, 0.717) is 178 Å². The molecule has 0 saturated carbocycles. The van der Waals surface area contributed by atoms with E-state index in [4.69, 9.17) is 86.7 Å². The lowest BCUT2D eigenvalue weighted by Crippen LogP contribution is -2.09. The zero-order chi connectivity index (χ0) is 58.0. The summed E-state index contributed by atoms with van der Waals surface area (Å²) in [6.07, 6.45) is 0. The number of nitrogens with zero attached hydrogens (tertiary/aromatic N) is 6. The number of H-pyrrole nitrogens is 2. The number of rotatable bonds is 40. The van der Waals surface area contributed by atoms with Crippen molar-refractivity contribution in [3.8, 4) is 45.6 Å². The van der Waals surface area contributed by atoms with Crippen molar-refractivity contribution in [2.75, 3.05) is 184 Å². The second kappa shape index (κ2) is 35.1. The summed E-state index contributed by atoms with van der Waals surface area (Å²) in [4.78, 5) is 43.4. The Kier molecular flexibility index (Phi) is 26.6. The van der Waals surface area contributed by atoms with Gasteiger partial charge in [-0.3, -0.25) is 0 Å². The van der Waals surface area contributed by atoms with E-state index in [9.17, 15) is 0 Å². The highest BCUT2D eigenvalue weighted by atomic mass is 32.2. The molecular weight excluding hydrogens is 1150 g/mol. The van der Waals surface area contributed by atoms with Gasteiger partial charge in [0.15, 0.2) is 23.3 Å². The van der Waals surface area contributed by atoms with Crippen LogP contribution in [0, 0.1) is 0 Å². The number of fused-ring (bicyclic) bond motifs is 20.